The van der Waals surface area contributed by atoms with Gasteiger partial charge in [0.25, 0.3) is 0 Å². The van der Waals surface area contributed by atoms with E-state index < -0.39 is 5.97 Å². The average Bonchev–Trinajstić information content (AvgIpc) is 3.01. The third-order valence-corrected chi connectivity index (χ3v) is 6.40. The first kappa shape index (κ1) is 20.6. The van der Waals surface area contributed by atoms with E-state index in [1.807, 2.05) is 16.8 Å². The van der Waals surface area contributed by atoms with E-state index >= 15 is 0 Å². The van der Waals surface area contributed by atoms with Crippen LogP contribution in [0.3, 0.4) is 0 Å². The molecule has 1 heterocycles. The van der Waals surface area contributed by atoms with Gasteiger partial charge in [-0.15, -0.1) is 0 Å². The second-order valence-electron chi connectivity index (χ2n) is 8.27. The molecule has 6 heteroatoms. The van der Waals surface area contributed by atoms with Gasteiger partial charge < -0.3 is 15.3 Å². The highest BCUT2D eigenvalue weighted by molar-refractivity contribution is 5.74. The Balaban J connectivity index is 1.48. The molecule has 1 aromatic rings. The molecule has 2 N–H and O–H groups in total. The quantitative estimate of drug-likeness (QED) is 0.786. The SMILES string of the molecule is CN(CC(=O)O)C1CCCN(C(=O)NCC2CCCC2c2ccccc2)CC1. The summed E-state index contributed by atoms with van der Waals surface area (Å²) in [5.41, 5.74) is 1.39. The molecule has 2 amide bonds. The lowest BCUT2D eigenvalue weighted by molar-refractivity contribution is -0.138. The fraction of sp³-hybridized carbons (Fsp3) is 0.636. The predicted octanol–water partition coefficient (Wildman–Crippen LogP) is 3.15. The lowest BCUT2D eigenvalue weighted by Gasteiger charge is -2.26. The van der Waals surface area contributed by atoms with Crippen molar-refractivity contribution >= 4 is 12.0 Å². The minimum Gasteiger partial charge on any atom is -0.480 e. The molecule has 1 aromatic carbocycles. The third-order valence-electron chi connectivity index (χ3n) is 6.40. The van der Waals surface area contributed by atoms with Crippen molar-refractivity contribution in [2.24, 2.45) is 5.92 Å². The van der Waals surface area contributed by atoms with E-state index in [0.29, 0.717) is 18.4 Å². The molecule has 3 rings (SSSR count). The van der Waals surface area contributed by atoms with Gasteiger partial charge in [0.15, 0.2) is 0 Å². The van der Waals surface area contributed by atoms with Crippen LogP contribution in [-0.4, -0.2) is 66.2 Å². The molecule has 1 aliphatic carbocycles. The summed E-state index contributed by atoms with van der Waals surface area (Å²) in [5.74, 6) is 0.248. The molecule has 3 unspecified atom stereocenters. The highest BCUT2D eigenvalue weighted by Gasteiger charge is 2.30. The molecule has 2 aliphatic rings. The summed E-state index contributed by atoms with van der Waals surface area (Å²) in [6, 6.07) is 10.9. The van der Waals surface area contributed by atoms with Crippen molar-refractivity contribution < 1.29 is 14.7 Å². The Hall–Kier alpha value is -2.08. The molecule has 1 saturated heterocycles. The van der Waals surface area contributed by atoms with E-state index in [0.717, 1.165) is 32.4 Å². The summed E-state index contributed by atoms with van der Waals surface area (Å²) in [5, 5.41) is 12.2. The van der Waals surface area contributed by atoms with Gasteiger partial charge in [-0.2, -0.15) is 0 Å². The lowest BCUT2D eigenvalue weighted by atomic mass is 9.89. The number of hydrogen-bond donors (Lipinski definition) is 2. The van der Waals surface area contributed by atoms with Gasteiger partial charge in [-0.1, -0.05) is 36.8 Å². The molecule has 1 saturated carbocycles. The summed E-state index contributed by atoms with van der Waals surface area (Å²) in [6.45, 7) is 2.22. The summed E-state index contributed by atoms with van der Waals surface area (Å²) in [6.07, 6.45) is 6.27. The molecule has 0 radical (unpaired) electrons. The van der Waals surface area contributed by atoms with Crippen LogP contribution in [0.5, 0.6) is 0 Å². The van der Waals surface area contributed by atoms with Crippen molar-refractivity contribution in [2.45, 2.75) is 50.5 Å². The highest BCUT2D eigenvalue weighted by Crippen LogP contribution is 2.39. The average molecular weight is 388 g/mol. The number of hydrogen-bond acceptors (Lipinski definition) is 3. The van der Waals surface area contributed by atoms with Gasteiger partial charge in [0.05, 0.1) is 6.54 Å². The standard InChI is InChI=1S/C22H33N3O3/c1-24(16-21(26)27)19-10-6-13-25(14-12-19)22(28)23-15-18-9-5-11-20(18)17-7-3-2-4-8-17/h2-4,7-8,18-20H,5-6,9-16H2,1H3,(H,23,28)(H,26,27). The third kappa shape index (κ3) is 5.47. The molecule has 0 spiro atoms. The van der Waals surface area contributed by atoms with E-state index in [9.17, 15) is 9.59 Å². The van der Waals surface area contributed by atoms with Crippen molar-refractivity contribution in [2.75, 3.05) is 33.2 Å². The van der Waals surface area contributed by atoms with Crippen molar-refractivity contribution in [3.63, 3.8) is 0 Å². The summed E-state index contributed by atoms with van der Waals surface area (Å²) in [7, 11) is 1.86. The van der Waals surface area contributed by atoms with E-state index in [2.05, 4.69) is 35.6 Å². The number of carboxylic acids is 1. The first-order valence-corrected chi connectivity index (χ1v) is 10.5. The Labute approximate surface area is 167 Å². The molecule has 6 nitrogen and oxygen atoms in total. The largest absolute Gasteiger partial charge is 0.480 e. The minimum atomic E-state index is -0.800. The Bertz CT molecular complexity index is 652. The molecule has 2 fully saturated rings. The monoisotopic (exact) mass is 387 g/mol. The zero-order valence-electron chi connectivity index (χ0n) is 16.8. The van der Waals surface area contributed by atoms with Crippen LogP contribution in [0.15, 0.2) is 30.3 Å². The molecule has 154 valence electrons. The summed E-state index contributed by atoms with van der Waals surface area (Å²) in [4.78, 5) is 27.4. The lowest BCUT2D eigenvalue weighted by Crippen LogP contribution is -2.43. The Morgan fingerprint density at radius 3 is 2.64 bits per heavy atom. The number of carbonyl (C=O) groups excluding carboxylic acids is 1. The smallest absolute Gasteiger partial charge is 0.317 e. The Kier molecular flexibility index (Phi) is 7.31. The maximum Gasteiger partial charge on any atom is 0.317 e. The highest BCUT2D eigenvalue weighted by atomic mass is 16.4. The zero-order chi connectivity index (χ0) is 19.9. The number of likely N-dealkylation sites (N-methyl/N-ethyl adjacent to an activating group) is 1. The van der Waals surface area contributed by atoms with Gasteiger partial charge in [-0.25, -0.2) is 4.79 Å². The molecule has 28 heavy (non-hydrogen) atoms. The van der Waals surface area contributed by atoms with Crippen LogP contribution in [0.25, 0.3) is 0 Å². The summed E-state index contributed by atoms with van der Waals surface area (Å²) < 4.78 is 0. The van der Waals surface area contributed by atoms with E-state index in [-0.39, 0.29) is 18.6 Å². The first-order valence-electron chi connectivity index (χ1n) is 10.5. The molecular formula is C22H33N3O3. The van der Waals surface area contributed by atoms with Crippen LogP contribution in [0.2, 0.25) is 0 Å². The number of nitrogens with one attached hydrogen (secondary N) is 1. The Morgan fingerprint density at radius 2 is 1.89 bits per heavy atom. The van der Waals surface area contributed by atoms with Gasteiger partial charge in [-0.3, -0.25) is 9.69 Å². The number of carboxylic acid groups (broad SMARTS) is 1. The van der Waals surface area contributed by atoms with Crippen molar-refractivity contribution in [1.29, 1.82) is 0 Å². The van der Waals surface area contributed by atoms with Crippen LogP contribution in [-0.2, 0) is 4.79 Å². The molecule has 1 aliphatic heterocycles. The second kappa shape index (κ2) is 9.92. The number of aliphatic carboxylic acids is 1. The van der Waals surface area contributed by atoms with Crippen LogP contribution in [0.4, 0.5) is 4.79 Å². The number of nitrogens with zero attached hydrogens (tertiary/aromatic N) is 2. The van der Waals surface area contributed by atoms with E-state index in [4.69, 9.17) is 5.11 Å². The number of carbonyl (C=O) groups is 2. The molecule has 3 atom stereocenters. The molecular weight excluding hydrogens is 354 g/mol. The maximum absolute atomic E-state index is 12.7. The van der Waals surface area contributed by atoms with Gasteiger partial charge in [-0.05, 0) is 56.6 Å². The number of rotatable bonds is 6. The zero-order valence-corrected chi connectivity index (χ0v) is 16.8. The molecule has 0 aromatic heterocycles. The van der Waals surface area contributed by atoms with Crippen LogP contribution < -0.4 is 5.32 Å². The normalized spacial score (nSPS) is 25.5. The second-order valence-corrected chi connectivity index (χ2v) is 8.27. The van der Waals surface area contributed by atoms with Gasteiger partial charge >= 0.3 is 12.0 Å². The predicted molar refractivity (Wildman–Crippen MR) is 109 cm³/mol. The molecule has 0 bridgehead atoms. The van der Waals surface area contributed by atoms with Crippen LogP contribution in [0.1, 0.15) is 50.0 Å². The number of urea groups is 1. The van der Waals surface area contributed by atoms with Crippen molar-refractivity contribution in [1.82, 2.24) is 15.1 Å². The van der Waals surface area contributed by atoms with Crippen molar-refractivity contribution in [3.8, 4) is 0 Å². The topological polar surface area (TPSA) is 72.9 Å². The van der Waals surface area contributed by atoms with Crippen molar-refractivity contribution in [3.05, 3.63) is 35.9 Å². The van der Waals surface area contributed by atoms with Gasteiger partial charge in [0, 0.05) is 25.7 Å². The summed E-state index contributed by atoms with van der Waals surface area (Å²) >= 11 is 0. The fourth-order valence-corrected chi connectivity index (χ4v) is 4.82. The van der Waals surface area contributed by atoms with Gasteiger partial charge in [0.2, 0.25) is 0 Å². The van der Waals surface area contributed by atoms with E-state index in [1.165, 1.54) is 24.8 Å². The first-order chi connectivity index (χ1) is 13.5. The van der Waals surface area contributed by atoms with Crippen LogP contribution >= 0.6 is 0 Å². The van der Waals surface area contributed by atoms with Gasteiger partial charge in [0.1, 0.15) is 0 Å². The Morgan fingerprint density at radius 1 is 1.11 bits per heavy atom. The van der Waals surface area contributed by atoms with Crippen LogP contribution in [0, 0.1) is 5.92 Å². The maximum atomic E-state index is 12.7. The number of likely N-dealkylation sites (tertiary alicyclic amines) is 1. The number of amides is 2. The minimum absolute atomic E-state index is 0.0280. The van der Waals surface area contributed by atoms with E-state index in [1.54, 1.807) is 0 Å². The number of benzene rings is 1. The fourth-order valence-electron chi connectivity index (χ4n) is 4.82.